The van der Waals surface area contributed by atoms with Gasteiger partial charge >= 0.3 is 10.3 Å². The summed E-state index contributed by atoms with van der Waals surface area (Å²) in [5, 5.41) is 0. The fourth-order valence-electron chi connectivity index (χ4n) is 2.04. The smallest absolute Gasteiger partial charge is 0.338 e. The zero-order valence-corrected chi connectivity index (χ0v) is 12.5. The van der Waals surface area contributed by atoms with Crippen LogP contribution in [-0.2, 0) is 30.4 Å². The molecule has 1 saturated heterocycles. The van der Waals surface area contributed by atoms with Crippen molar-refractivity contribution >= 4 is 10.3 Å². The molecule has 6 nitrogen and oxygen atoms in total. The summed E-state index contributed by atoms with van der Waals surface area (Å²) in [6.45, 7) is 3.45. The average molecular weight is 301 g/mol. The molecule has 7 heteroatoms. The number of nitrogens with one attached hydrogen (secondary N) is 1. The van der Waals surface area contributed by atoms with E-state index < -0.39 is 28.5 Å². The van der Waals surface area contributed by atoms with E-state index in [1.165, 1.54) is 7.05 Å². The predicted molar refractivity (Wildman–Crippen MR) is 73.0 cm³/mol. The number of benzene rings is 1. The van der Waals surface area contributed by atoms with Gasteiger partial charge in [-0.2, -0.15) is 13.1 Å². The molecule has 20 heavy (non-hydrogen) atoms. The monoisotopic (exact) mass is 301 g/mol. The van der Waals surface area contributed by atoms with Gasteiger partial charge in [-0.3, -0.25) is 0 Å². The highest BCUT2D eigenvalue weighted by molar-refractivity contribution is 7.84. The Morgan fingerprint density at radius 1 is 1.25 bits per heavy atom. The highest BCUT2D eigenvalue weighted by Crippen LogP contribution is 2.31. The Kier molecular flexibility index (Phi) is 4.46. The van der Waals surface area contributed by atoms with Crippen LogP contribution in [0.25, 0.3) is 0 Å². The largest absolute Gasteiger partial charge is 0.341 e. The van der Waals surface area contributed by atoms with Crippen LogP contribution in [0.5, 0.6) is 0 Å². The Morgan fingerprint density at radius 3 is 2.50 bits per heavy atom. The molecular weight excluding hydrogens is 282 g/mol. The fourth-order valence-corrected chi connectivity index (χ4v) is 2.55. The minimum absolute atomic E-state index is 0.490. The van der Waals surface area contributed by atoms with E-state index in [1.807, 2.05) is 30.3 Å². The van der Waals surface area contributed by atoms with E-state index in [9.17, 15) is 8.42 Å². The molecule has 1 N–H and O–H groups in total. The summed E-state index contributed by atoms with van der Waals surface area (Å²) >= 11 is 0. The van der Waals surface area contributed by atoms with E-state index in [4.69, 9.17) is 13.7 Å². The van der Waals surface area contributed by atoms with Crippen molar-refractivity contribution in [3.8, 4) is 0 Å². The van der Waals surface area contributed by atoms with Gasteiger partial charge in [0.2, 0.25) is 6.29 Å². The van der Waals surface area contributed by atoms with Crippen LogP contribution >= 0.6 is 0 Å². The third-order valence-electron chi connectivity index (χ3n) is 2.89. The minimum Gasteiger partial charge on any atom is -0.341 e. The molecule has 1 fully saturated rings. The van der Waals surface area contributed by atoms with Crippen molar-refractivity contribution in [1.82, 2.24) is 4.72 Å². The lowest BCUT2D eigenvalue weighted by atomic mass is 10.1. The van der Waals surface area contributed by atoms with Gasteiger partial charge in [-0.05, 0) is 19.4 Å². The molecule has 1 heterocycles. The first-order valence-corrected chi connectivity index (χ1v) is 7.73. The van der Waals surface area contributed by atoms with Gasteiger partial charge in [0.1, 0.15) is 6.10 Å². The van der Waals surface area contributed by atoms with Gasteiger partial charge in [0, 0.05) is 13.5 Å². The zero-order valence-electron chi connectivity index (χ0n) is 11.7. The molecule has 0 bridgehead atoms. The average Bonchev–Trinajstić information content (AvgIpc) is 2.64. The van der Waals surface area contributed by atoms with Gasteiger partial charge in [0.25, 0.3) is 0 Å². The quantitative estimate of drug-likeness (QED) is 0.884. The van der Waals surface area contributed by atoms with Crippen LogP contribution in [-0.4, -0.2) is 33.6 Å². The molecule has 0 amide bonds. The van der Waals surface area contributed by atoms with Crippen LogP contribution in [0.3, 0.4) is 0 Å². The van der Waals surface area contributed by atoms with Crippen LogP contribution in [0.1, 0.15) is 19.4 Å². The van der Waals surface area contributed by atoms with Gasteiger partial charge < -0.3 is 9.47 Å². The summed E-state index contributed by atoms with van der Waals surface area (Å²) < 4.78 is 41.3. The molecule has 2 rings (SSSR count). The summed E-state index contributed by atoms with van der Waals surface area (Å²) in [6, 6.07) is 9.63. The molecule has 2 unspecified atom stereocenters. The molecule has 0 saturated carbocycles. The van der Waals surface area contributed by atoms with Gasteiger partial charge in [0.15, 0.2) is 5.79 Å². The van der Waals surface area contributed by atoms with Crippen LogP contribution in [0.4, 0.5) is 0 Å². The molecule has 0 spiro atoms. The van der Waals surface area contributed by atoms with Crippen molar-refractivity contribution in [3.63, 3.8) is 0 Å². The standard InChI is InChI=1S/C13H19NO5S/c1-13(2)17-11(9-10-7-5-4-6-8-10)12(18-13)19-20(15,16)14-3/h4-8,11-12,14H,9H2,1-3H3. The molecule has 0 aliphatic carbocycles. The van der Waals surface area contributed by atoms with Gasteiger partial charge in [-0.25, -0.2) is 4.18 Å². The highest BCUT2D eigenvalue weighted by atomic mass is 32.2. The maximum absolute atomic E-state index is 11.5. The van der Waals surface area contributed by atoms with Gasteiger partial charge in [-0.15, -0.1) is 0 Å². The third kappa shape index (κ3) is 4.00. The van der Waals surface area contributed by atoms with Crippen LogP contribution in [0.2, 0.25) is 0 Å². The van der Waals surface area contributed by atoms with Crippen LogP contribution in [0, 0.1) is 0 Å². The molecule has 0 radical (unpaired) electrons. The van der Waals surface area contributed by atoms with Crippen LogP contribution < -0.4 is 4.72 Å². The zero-order chi connectivity index (χ0) is 14.8. The second-order valence-electron chi connectivity index (χ2n) is 4.99. The first-order valence-electron chi connectivity index (χ1n) is 6.33. The number of hydrogen-bond donors (Lipinski definition) is 1. The van der Waals surface area contributed by atoms with Crippen molar-refractivity contribution in [2.45, 2.75) is 38.4 Å². The topological polar surface area (TPSA) is 73.9 Å². The first-order chi connectivity index (χ1) is 9.31. The molecule has 1 aliphatic heterocycles. The predicted octanol–water partition coefficient (Wildman–Crippen LogP) is 1.19. The Morgan fingerprint density at radius 2 is 1.90 bits per heavy atom. The minimum atomic E-state index is -3.83. The molecule has 1 aliphatic rings. The molecule has 0 aromatic heterocycles. The SMILES string of the molecule is CNS(=O)(=O)OC1OC(C)(C)OC1Cc1ccccc1. The van der Waals surface area contributed by atoms with Crippen molar-refractivity contribution in [3.05, 3.63) is 35.9 Å². The van der Waals surface area contributed by atoms with E-state index in [0.717, 1.165) is 5.56 Å². The first kappa shape index (κ1) is 15.4. The number of rotatable bonds is 5. The van der Waals surface area contributed by atoms with E-state index in [2.05, 4.69) is 4.72 Å². The molecule has 1 aromatic carbocycles. The Hall–Kier alpha value is -0.990. The lowest BCUT2D eigenvalue weighted by Gasteiger charge is -2.16. The Balaban J connectivity index is 2.12. The van der Waals surface area contributed by atoms with Crippen molar-refractivity contribution in [2.75, 3.05) is 7.05 Å². The normalized spacial score (nSPS) is 25.8. The van der Waals surface area contributed by atoms with E-state index in [1.54, 1.807) is 13.8 Å². The molecule has 1 aromatic rings. The van der Waals surface area contributed by atoms with Crippen molar-refractivity contribution in [2.24, 2.45) is 0 Å². The van der Waals surface area contributed by atoms with Crippen molar-refractivity contribution < 1.29 is 22.1 Å². The third-order valence-corrected chi connectivity index (χ3v) is 3.83. The maximum atomic E-state index is 11.5. The summed E-state index contributed by atoms with van der Waals surface area (Å²) in [7, 11) is -2.55. The number of hydrogen-bond acceptors (Lipinski definition) is 5. The Bertz CT molecular complexity index is 543. The summed E-state index contributed by atoms with van der Waals surface area (Å²) in [6.07, 6.45) is -0.952. The summed E-state index contributed by atoms with van der Waals surface area (Å²) in [5.74, 6) is -0.882. The second-order valence-corrected chi connectivity index (χ2v) is 6.50. The lowest BCUT2D eigenvalue weighted by Crippen LogP contribution is -2.34. The molecular formula is C13H19NO5S. The fraction of sp³-hybridized carbons (Fsp3) is 0.538. The lowest BCUT2D eigenvalue weighted by molar-refractivity contribution is -0.167. The Labute approximate surface area is 119 Å². The van der Waals surface area contributed by atoms with Gasteiger partial charge in [-0.1, -0.05) is 30.3 Å². The van der Waals surface area contributed by atoms with Gasteiger partial charge in [0.05, 0.1) is 0 Å². The van der Waals surface area contributed by atoms with E-state index in [-0.39, 0.29) is 0 Å². The highest BCUT2D eigenvalue weighted by Gasteiger charge is 2.44. The molecule has 112 valence electrons. The summed E-state index contributed by atoms with van der Waals surface area (Å²) in [5.41, 5.74) is 1.02. The maximum Gasteiger partial charge on any atom is 0.338 e. The number of ether oxygens (including phenoxy) is 2. The van der Waals surface area contributed by atoms with E-state index in [0.29, 0.717) is 6.42 Å². The molecule has 2 atom stereocenters. The van der Waals surface area contributed by atoms with E-state index >= 15 is 0 Å². The summed E-state index contributed by atoms with van der Waals surface area (Å²) in [4.78, 5) is 0. The second kappa shape index (κ2) is 5.79. The van der Waals surface area contributed by atoms with Crippen molar-refractivity contribution in [1.29, 1.82) is 0 Å². The van der Waals surface area contributed by atoms with Crippen LogP contribution in [0.15, 0.2) is 30.3 Å².